The molecule has 0 spiro atoms. The number of rotatable bonds is 9. The van der Waals surface area contributed by atoms with Gasteiger partial charge >= 0.3 is 7.60 Å². The molecule has 6 nitrogen and oxygen atoms in total. The number of benzene rings is 2. The Morgan fingerprint density at radius 1 is 1.07 bits per heavy atom. The van der Waals surface area contributed by atoms with Crippen molar-refractivity contribution in [3.8, 4) is 5.75 Å². The third-order valence-electron chi connectivity index (χ3n) is 4.36. The van der Waals surface area contributed by atoms with Gasteiger partial charge in [-0.25, -0.2) is 0 Å². The lowest BCUT2D eigenvalue weighted by atomic mass is 10.1. The molecule has 2 rings (SSSR count). The maximum Gasteiger partial charge on any atom is 0.342 e. The fourth-order valence-electron chi connectivity index (χ4n) is 2.93. The van der Waals surface area contributed by atoms with Crippen molar-refractivity contribution < 1.29 is 23.1 Å². The first kappa shape index (κ1) is 21.4. The van der Waals surface area contributed by atoms with Gasteiger partial charge < -0.3 is 18.7 Å². The van der Waals surface area contributed by atoms with E-state index in [2.05, 4.69) is 0 Å². The zero-order valence-corrected chi connectivity index (χ0v) is 17.5. The molecule has 0 aliphatic carbocycles. The molecule has 1 atom stereocenters. The van der Waals surface area contributed by atoms with E-state index in [1.54, 1.807) is 39.8 Å². The summed E-state index contributed by atoms with van der Waals surface area (Å²) in [6.07, 6.45) is 0. The first-order valence-corrected chi connectivity index (χ1v) is 10.7. The molecular weight excluding hydrogens is 365 g/mol. The van der Waals surface area contributed by atoms with E-state index >= 15 is 0 Å². The van der Waals surface area contributed by atoms with E-state index in [0.29, 0.717) is 6.54 Å². The molecule has 0 bridgehead atoms. The number of nitrogens with zero attached hydrogens (tertiary/aromatic N) is 1. The molecule has 27 heavy (non-hydrogen) atoms. The van der Waals surface area contributed by atoms with Gasteiger partial charge in [0.05, 0.1) is 20.3 Å². The lowest BCUT2D eigenvalue weighted by molar-refractivity contribution is -0.130. The van der Waals surface area contributed by atoms with Crippen LogP contribution >= 0.6 is 7.60 Å². The van der Waals surface area contributed by atoms with Gasteiger partial charge in [-0.2, -0.15) is 0 Å². The van der Waals surface area contributed by atoms with E-state index in [1.165, 1.54) is 0 Å². The van der Waals surface area contributed by atoms with Crippen LogP contribution in [0.4, 0.5) is 0 Å². The second kappa shape index (κ2) is 9.36. The molecule has 0 aromatic heterocycles. The topological polar surface area (TPSA) is 65.1 Å². The molecule has 1 amide bonds. The van der Waals surface area contributed by atoms with Gasteiger partial charge in [0.25, 0.3) is 0 Å². The monoisotopic (exact) mass is 393 g/mol. The van der Waals surface area contributed by atoms with Crippen molar-refractivity contribution in [2.24, 2.45) is 0 Å². The number of hydrogen-bond acceptors (Lipinski definition) is 5. The van der Waals surface area contributed by atoms with Crippen LogP contribution in [-0.4, -0.2) is 43.8 Å². The van der Waals surface area contributed by atoms with Gasteiger partial charge in [-0.1, -0.05) is 18.2 Å². The molecular formula is C20H28NO5P. The minimum atomic E-state index is -3.48. The lowest BCUT2D eigenvalue weighted by Crippen LogP contribution is -2.35. The van der Waals surface area contributed by atoms with Crippen molar-refractivity contribution in [3.63, 3.8) is 0 Å². The summed E-state index contributed by atoms with van der Waals surface area (Å²) in [5.74, 6) is 0.536. The average Bonchev–Trinajstić information content (AvgIpc) is 2.66. The van der Waals surface area contributed by atoms with Gasteiger partial charge in [-0.05, 0) is 55.3 Å². The Hall–Kier alpha value is -1.88. The normalized spacial score (nSPS) is 12.8. The van der Waals surface area contributed by atoms with Gasteiger partial charge in [0.1, 0.15) is 11.4 Å². The van der Waals surface area contributed by atoms with Crippen molar-refractivity contribution in [1.29, 1.82) is 0 Å². The van der Waals surface area contributed by atoms with Gasteiger partial charge in [0.2, 0.25) is 5.91 Å². The quantitative estimate of drug-likeness (QED) is 0.589. The Morgan fingerprint density at radius 3 is 2.26 bits per heavy atom. The average molecular weight is 393 g/mol. The fraction of sp³-hybridized carbons (Fsp3) is 0.450. The first-order valence-electron chi connectivity index (χ1n) is 9.05. The van der Waals surface area contributed by atoms with E-state index in [1.807, 2.05) is 36.4 Å². The molecule has 0 N–H and O–H groups in total. The van der Waals surface area contributed by atoms with Crippen LogP contribution in [0.15, 0.2) is 36.4 Å². The summed E-state index contributed by atoms with van der Waals surface area (Å²) < 4.78 is 28.7. The Labute approximate surface area is 160 Å². The summed E-state index contributed by atoms with van der Waals surface area (Å²) in [5, 5.41) is 2.13. The third-order valence-corrected chi connectivity index (χ3v) is 6.76. The highest BCUT2D eigenvalue weighted by molar-refractivity contribution is 7.55. The molecule has 0 saturated carbocycles. The van der Waals surface area contributed by atoms with Crippen molar-refractivity contribution in [2.75, 3.05) is 27.4 Å². The van der Waals surface area contributed by atoms with Gasteiger partial charge in [0.15, 0.2) is 0 Å². The number of carbonyl (C=O) groups is 1. The molecule has 0 radical (unpaired) electrons. The van der Waals surface area contributed by atoms with E-state index in [4.69, 9.17) is 13.8 Å². The largest absolute Gasteiger partial charge is 0.497 e. The second-order valence-corrected chi connectivity index (χ2v) is 8.66. The van der Waals surface area contributed by atoms with E-state index in [0.717, 1.165) is 22.1 Å². The highest BCUT2D eigenvalue weighted by Crippen LogP contribution is 2.53. The number of hydrogen-bond donors (Lipinski definition) is 0. The maximum atomic E-state index is 12.8. The predicted octanol–water partition coefficient (Wildman–Crippen LogP) is 4.46. The van der Waals surface area contributed by atoms with Crippen LogP contribution in [-0.2, 0) is 25.0 Å². The molecule has 1 unspecified atom stereocenters. The summed E-state index contributed by atoms with van der Waals surface area (Å²) in [4.78, 5) is 14.3. The number of amides is 1. The minimum Gasteiger partial charge on any atom is -0.497 e. The van der Waals surface area contributed by atoms with E-state index < -0.39 is 13.3 Å². The van der Waals surface area contributed by atoms with Crippen molar-refractivity contribution in [3.05, 3.63) is 42.0 Å². The smallest absolute Gasteiger partial charge is 0.342 e. The van der Waals surface area contributed by atoms with Crippen molar-refractivity contribution in [1.82, 2.24) is 4.90 Å². The van der Waals surface area contributed by atoms with E-state index in [-0.39, 0.29) is 19.1 Å². The zero-order chi connectivity index (χ0) is 20.0. The molecule has 0 saturated heterocycles. The number of carbonyl (C=O) groups excluding carboxylic acids is 1. The highest BCUT2D eigenvalue weighted by atomic mass is 31.2. The summed E-state index contributed by atoms with van der Waals surface area (Å²) in [6, 6.07) is 11.9. The molecule has 0 fully saturated rings. The molecule has 0 aliphatic heterocycles. The predicted molar refractivity (Wildman–Crippen MR) is 107 cm³/mol. The lowest BCUT2D eigenvalue weighted by Gasteiger charge is -2.27. The minimum absolute atomic E-state index is 0.229. The Morgan fingerprint density at radius 2 is 1.67 bits per heavy atom. The van der Waals surface area contributed by atoms with Crippen LogP contribution in [0.25, 0.3) is 10.8 Å². The van der Waals surface area contributed by atoms with Crippen LogP contribution in [0.3, 0.4) is 0 Å². The van der Waals surface area contributed by atoms with Crippen LogP contribution < -0.4 is 4.74 Å². The van der Waals surface area contributed by atoms with E-state index in [9.17, 15) is 9.36 Å². The molecule has 2 aromatic rings. The Balaban J connectivity index is 2.15. The van der Waals surface area contributed by atoms with Crippen molar-refractivity contribution >= 4 is 24.3 Å². The maximum absolute atomic E-state index is 12.8. The summed E-state index contributed by atoms with van der Waals surface area (Å²) in [7, 11) is -0.145. The summed E-state index contributed by atoms with van der Waals surface area (Å²) in [6.45, 7) is 5.92. The molecule has 2 aromatic carbocycles. The second-order valence-electron chi connectivity index (χ2n) is 6.29. The molecule has 148 valence electrons. The Kier molecular flexibility index (Phi) is 7.42. The highest BCUT2D eigenvalue weighted by Gasteiger charge is 2.38. The van der Waals surface area contributed by atoms with Crippen LogP contribution in [0, 0.1) is 0 Å². The summed E-state index contributed by atoms with van der Waals surface area (Å²) in [5.41, 5.74) is 0.130. The molecule has 7 heteroatoms. The fourth-order valence-corrected chi connectivity index (χ4v) is 4.63. The molecule has 0 heterocycles. The van der Waals surface area contributed by atoms with Gasteiger partial charge in [-0.3, -0.25) is 9.36 Å². The number of ether oxygens (including phenoxy) is 1. The van der Waals surface area contributed by atoms with Gasteiger partial charge in [0, 0.05) is 13.6 Å². The van der Waals surface area contributed by atoms with Crippen molar-refractivity contribution in [2.45, 2.75) is 33.0 Å². The summed E-state index contributed by atoms with van der Waals surface area (Å²) >= 11 is 0. The molecule has 0 aliphatic rings. The third kappa shape index (κ3) is 5.10. The SMILES string of the molecule is CCOP(=O)(OCC)C(C)C(=O)N(C)Cc1ccc2cc(OC)ccc2c1. The van der Waals surface area contributed by atoms with Gasteiger partial charge in [-0.15, -0.1) is 0 Å². The first-order chi connectivity index (χ1) is 12.8. The standard InChI is InChI=1S/C20H28NO5P/c1-6-25-27(23,26-7-2)15(3)20(22)21(4)14-16-8-9-18-13-19(24-5)11-10-17(18)12-16/h8-13,15H,6-7,14H2,1-5H3. The number of methoxy groups -OCH3 is 1. The van der Waals surface area contributed by atoms with Crippen LogP contribution in [0.2, 0.25) is 0 Å². The van der Waals surface area contributed by atoms with Crippen LogP contribution in [0.1, 0.15) is 26.3 Å². The van der Waals surface area contributed by atoms with Crippen LogP contribution in [0.5, 0.6) is 5.75 Å². The zero-order valence-electron chi connectivity index (χ0n) is 16.6. The number of fused-ring (bicyclic) bond motifs is 1. The Bertz CT molecular complexity index is 828.